The quantitative estimate of drug-likeness (QED) is 0.668. The standard InChI is InChI=1S/C17H28N2O4Si/c1-8-12-13(23-24(6,7)17(3,4)5)9-14(22-12)19-10-11(2)15(20)18-16(19)21/h8,10,12-14H,1,9H2,2-7H3,(H,18,20,21)/t12-,13+,14-/m1/s1. The smallest absolute Gasteiger partial charge is 0.330 e. The van der Waals surface area contributed by atoms with Gasteiger partial charge in [0.05, 0.1) is 6.10 Å². The summed E-state index contributed by atoms with van der Waals surface area (Å²) >= 11 is 0. The molecule has 134 valence electrons. The van der Waals surface area contributed by atoms with Crippen molar-refractivity contribution in [1.82, 2.24) is 9.55 Å². The number of nitrogens with one attached hydrogen (secondary N) is 1. The van der Waals surface area contributed by atoms with E-state index in [-0.39, 0.29) is 22.8 Å². The lowest BCUT2D eigenvalue weighted by atomic mass is 10.2. The highest BCUT2D eigenvalue weighted by molar-refractivity contribution is 6.74. The fourth-order valence-corrected chi connectivity index (χ4v) is 3.86. The maximum atomic E-state index is 12.1. The number of aromatic nitrogens is 2. The van der Waals surface area contributed by atoms with Gasteiger partial charge in [0.1, 0.15) is 12.3 Å². The van der Waals surface area contributed by atoms with E-state index in [4.69, 9.17) is 9.16 Å². The fraction of sp³-hybridized carbons (Fsp3) is 0.647. The van der Waals surface area contributed by atoms with Crippen LogP contribution in [0.5, 0.6) is 0 Å². The summed E-state index contributed by atoms with van der Waals surface area (Å²) in [6, 6.07) is 0. The largest absolute Gasteiger partial charge is 0.411 e. The first-order valence-electron chi connectivity index (χ1n) is 8.24. The minimum absolute atomic E-state index is 0.0855. The number of nitrogens with zero attached hydrogens (tertiary/aromatic N) is 1. The zero-order valence-corrected chi connectivity index (χ0v) is 16.4. The molecule has 0 amide bonds. The maximum absolute atomic E-state index is 12.1. The van der Waals surface area contributed by atoms with Crippen LogP contribution in [0.25, 0.3) is 0 Å². The minimum atomic E-state index is -1.96. The molecule has 0 saturated carbocycles. The van der Waals surface area contributed by atoms with E-state index >= 15 is 0 Å². The molecule has 1 aliphatic rings. The van der Waals surface area contributed by atoms with E-state index in [1.165, 1.54) is 4.57 Å². The van der Waals surface area contributed by atoms with Crippen LogP contribution < -0.4 is 11.2 Å². The second kappa shape index (κ2) is 6.46. The predicted molar refractivity (Wildman–Crippen MR) is 96.9 cm³/mol. The molecular weight excluding hydrogens is 324 g/mol. The van der Waals surface area contributed by atoms with Crippen LogP contribution in [0.2, 0.25) is 18.1 Å². The lowest BCUT2D eigenvalue weighted by molar-refractivity contribution is 0.00651. The normalized spacial score (nSPS) is 25.0. The molecule has 3 atom stereocenters. The van der Waals surface area contributed by atoms with Crippen molar-refractivity contribution in [1.29, 1.82) is 0 Å². The third-order valence-electron chi connectivity index (χ3n) is 5.06. The van der Waals surface area contributed by atoms with Gasteiger partial charge in [0.15, 0.2) is 8.32 Å². The van der Waals surface area contributed by atoms with Crippen molar-refractivity contribution in [2.24, 2.45) is 0 Å². The van der Waals surface area contributed by atoms with E-state index in [0.29, 0.717) is 12.0 Å². The monoisotopic (exact) mass is 352 g/mol. The van der Waals surface area contributed by atoms with E-state index in [2.05, 4.69) is 45.4 Å². The van der Waals surface area contributed by atoms with Crippen molar-refractivity contribution in [3.63, 3.8) is 0 Å². The van der Waals surface area contributed by atoms with Crippen LogP contribution in [0.15, 0.2) is 28.4 Å². The number of rotatable bonds is 4. The molecule has 0 aliphatic carbocycles. The Morgan fingerprint density at radius 1 is 1.42 bits per heavy atom. The molecule has 0 unspecified atom stereocenters. The molecule has 1 fully saturated rings. The van der Waals surface area contributed by atoms with Crippen LogP contribution in [0, 0.1) is 6.92 Å². The van der Waals surface area contributed by atoms with Gasteiger partial charge in [0, 0.05) is 18.2 Å². The molecule has 24 heavy (non-hydrogen) atoms. The zero-order valence-electron chi connectivity index (χ0n) is 15.4. The lowest BCUT2D eigenvalue weighted by Gasteiger charge is -2.39. The van der Waals surface area contributed by atoms with Crippen molar-refractivity contribution in [3.8, 4) is 0 Å². The summed E-state index contributed by atoms with van der Waals surface area (Å²) in [5.74, 6) is 0. The van der Waals surface area contributed by atoms with Crippen LogP contribution >= 0.6 is 0 Å². The second-order valence-electron chi connectivity index (χ2n) is 7.92. The third kappa shape index (κ3) is 3.63. The molecule has 1 saturated heterocycles. The molecule has 0 bridgehead atoms. The first-order chi connectivity index (χ1) is 11.0. The number of ether oxygens (including phenoxy) is 1. The first-order valence-corrected chi connectivity index (χ1v) is 11.1. The van der Waals surface area contributed by atoms with Crippen molar-refractivity contribution in [3.05, 3.63) is 45.3 Å². The average Bonchev–Trinajstić information content (AvgIpc) is 2.83. The summed E-state index contributed by atoms with van der Waals surface area (Å²) in [5.41, 5.74) is -0.364. The van der Waals surface area contributed by atoms with Gasteiger partial charge in [-0.3, -0.25) is 14.3 Å². The summed E-state index contributed by atoms with van der Waals surface area (Å²) in [4.78, 5) is 26.0. The molecule has 1 aromatic heterocycles. The van der Waals surface area contributed by atoms with Crippen LogP contribution in [0.3, 0.4) is 0 Å². The van der Waals surface area contributed by atoms with Gasteiger partial charge in [0.2, 0.25) is 0 Å². The van der Waals surface area contributed by atoms with Crippen molar-refractivity contribution in [2.75, 3.05) is 0 Å². The highest BCUT2D eigenvalue weighted by atomic mass is 28.4. The first kappa shape index (κ1) is 18.9. The Morgan fingerprint density at radius 2 is 2.04 bits per heavy atom. The van der Waals surface area contributed by atoms with E-state index in [1.54, 1.807) is 19.2 Å². The molecule has 6 nitrogen and oxygen atoms in total. The van der Waals surface area contributed by atoms with E-state index < -0.39 is 20.2 Å². The summed E-state index contributed by atoms with van der Waals surface area (Å²) in [5, 5.41) is 0.0855. The lowest BCUT2D eigenvalue weighted by Crippen LogP contribution is -2.45. The topological polar surface area (TPSA) is 73.3 Å². The van der Waals surface area contributed by atoms with Crippen LogP contribution in [0.1, 0.15) is 39.0 Å². The number of H-pyrrole nitrogens is 1. The summed E-state index contributed by atoms with van der Waals surface area (Å²) in [7, 11) is -1.96. The molecule has 1 N–H and O–H groups in total. The Balaban J connectivity index is 2.27. The molecule has 0 radical (unpaired) electrons. The van der Waals surface area contributed by atoms with Gasteiger partial charge in [-0.2, -0.15) is 0 Å². The van der Waals surface area contributed by atoms with Gasteiger partial charge in [-0.25, -0.2) is 4.79 Å². The maximum Gasteiger partial charge on any atom is 0.330 e. The van der Waals surface area contributed by atoms with Gasteiger partial charge in [-0.1, -0.05) is 26.8 Å². The minimum Gasteiger partial charge on any atom is -0.411 e. The van der Waals surface area contributed by atoms with Crippen LogP contribution in [-0.2, 0) is 9.16 Å². The van der Waals surface area contributed by atoms with E-state index in [0.717, 1.165) is 0 Å². The van der Waals surface area contributed by atoms with Gasteiger partial charge in [0.25, 0.3) is 5.56 Å². The van der Waals surface area contributed by atoms with E-state index in [1.807, 2.05) is 0 Å². The molecule has 1 aromatic rings. The number of aromatic amines is 1. The summed E-state index contributed by atoms with van der Waals surface area (Å²) < 4.78 is 13.9. The molecule has 0 aromatic carbocycles. The molecule has 1 aliphatic heterocycles. The number of aryl methyl sites for hydroxylation is 1. The summed E-state index contributed by atoms with van der Waals surface area (Å²) in [6.45, 7) is 16.4. The van der Waals surface area contributed by atoms with Gasteiger partial charge >= 0.3 is 5.69 Å². The van der Waals surface area contributed by atoms with Crippen molar-refractivity contribution >= 4 is 8.32 Å². The fourth-order valence-electron chi connectivity index (χ4n) is 2.51. The van der Waals surface area contributed by atoms with E-state index in [9.17, 15) is 9.59 Å². The van der Waals surface area contributed by atoms with Gasteiger partial charge < -0.3 is 9.16 Å². The van der Waals surface area contributed by atoms with Gasteiger partial charge in [-0.15, -0.1) is 6.58 Å². The molecule has 0 spiro atoms. The zero-order chi connectivity index (χ0) is 18.3. The molecule has 7 heteroatoms. The Bertz CT molecular complexity index is 729. The molecule has 2 heterocycles. The predicted octanol–water partition coefficient (Wildman–Crippen LogP) is 2.71. The number of hydrogen-bond acceptors (Lipinski definition) is 4. The highest BCUT2D eigenvalue weighted by Gasteiger charge is 2.44. The van der Waals surface area contributed by atoms with Crippen molar-refractivity contribution in [2.45, 2.75) is 70.7 Å². The second-order valence-corrected chi connectivity index (χ2v) is 12.7. The number of hydrogen-bond donors (Lipinski definition) is 1. The Labute approximate surface area is 143 Å². The van der Waals surface area contributed by atoms with Crippen LogP contribution in [-0.4, -0.2) is 30.1 Å². The Kier molecular flexibility index (Phi) is 5.08. The van der Waals surface area contributed by atoms with Gasteiger partial charge in [-0.05, 0) is 25.1 Å². The van der Waals surface area contributed by atoms with Crippen molar-refractivity contribution < 1.29 is 9.16 Å². The molecule has 2 rings (SSSR count). The molecular formula is C17H28N2O4Si. The third-order valence-corrected chi connectivity index (χ3v) is 9.56. The SMILES string of the molecule is C=C[C@H]1O[C@@H](n2cc(C)c(=O)[nH]c2=O)C[C@@H]1O[Si](C)(C)C(C)(C)C. The Morgan fingerprint density at radius 3 is 2.58 bits per heavy atom. The average molecular weight is 353 g/mol. The Hall–Kier alpha value is -1.44. The van der Waals surface area contributed by atoms with Crippen LogP contribution in [0.4, 0.5) is 0 Å². The summed E-state index contributed by atoms with van der Waals surface area (Å²) in [6.07, 6.45) is 2.93. The highest BCUT2D eigenvalue weighted by Crippen LogP contribution is 2.41.